The number of anilines is 2. The lowest BCUT2D eigenvalue weighted by Crippen LogP contribution is -2.35. The zero-order valence-corrected chi connectivity index (χ0v) is 20.8. The first kappa shape index (κ1) is 26.2. The number of halogens is 2. The summed E-state index contributed by atoms with van der Waals surface area (Å²) in [6, 6.07) is 8.70. The fraction of sp³-hybridized carbons (Fsp3) is 0.296. The topological polar surface area (TPSA) is 105 Å². The Morgan fingerprint density at radius 2 is 1.67 bits per heavy atom. The normalized spacial score (nSPS) is 17.6. The van der Waals surface area contributed by atoms with Crippen molar-refractivity contribution in [2.45, 2.75) is 18.9 Å². The number of hydroxylamine groups is 2. The Morgan fingerprint density at radius 1 is 0.974 bits per heavy atom. The van der Waals surface area contributed by atoms with E-state index in [-0.39, 0.29) is 62.8 Å². The minimum Gasteiger partial charge on any atom is -0.444 e. The van der Waals surface area contributed by atoms with E-state index in [9.17, 15) is 14.4 Å². The smallest absolute Gasteiger partial charge is 0.414 e. The van der Waals surface area contributed by atoms with Gasteiger partial charge in [0.05, 0.1) is 30.9 Å². The molecule has 4 heterocycles. The SMILES string of the molecule is O=C(CC[C@H]1CN(c2cc(F)c(N3CCON(C(=O)c4cccnc4)CC3)c(F)c2)C(=O)O1)c1cccnc1. The van der Waals surface area contributed by atoms with E-state index >= 15 is 8.78 Å². The monoisotopic (exact) mass is 537 g/mol. The van der Waals surface area contributed by atoms with Crippen molar-refractivity contribution in [1.82, 2.24) is 15.0 Å². The molecule has 12 heteroatoms. The van der Waals surface area contributed by atoms with E-state index in [1.165, 1.54) is 17.3 Å². The summed E-state index contributed by atoms with van der Waals surface area (Å²) in [7, 11) is 0. The molecule has 0 radical (unpaired) electrons. The highest BCUT2D eigenvalue weighted by atomic mass is 19.1. The molecule has 1 atom stereocenters. The minimum atomic E-state index is -0.861. The summed E-state index contributed by atoms with van der Waals surface area (Å²) >= 11 is 0. The van der Waals surface area contributed by atoms with Gasteiger partial charge in [0.25, 0.3) is 5.91 Å². The first-order chi connectivity index (χ1) is 18.9. The van der Waals surface area contributed by atoms with E-state index in [1.807, 2.05) is 0 Å². The molecular formula is C27H25F2N5O5. The maximum absolute atomic E-state index is 15.2. The van der Waals surface area contributed by atoms with Crippen LogP contribution in [0.25, 0.3) is 0 Å². The van der Waals surface area contributed by atoms with Crippen molar-refractivity contribution in [3.05, 3.63) is 83.9 Å². The zero-order valence-electron chi connectivity index (χ0n) is 20.8. The number of carbonyl (C=O) groups excluding carboxylic acids is 3. The van der Waals surface area contributed by atoms with E-state index in [0.717, 1.165) is 22.1 Å². The van der Waals surface area contributed by atoms with Crippen molar-refractivity contribution in [3.8, 4) is 0 Å². The number of nitrogens with zero attached hydrogens (tertiary/aromatic N) is 5. The Kier molecular flexibility index (Phi) is 7.73. The molecule has 0 bridgehead atoms. The summed E-state index contributed by atoms with van der Waals surface area (Å²) in [6.45, 7) is 0.428. The average Bonchev–Trinajstić information content (AvgIpc) is 3.16. The molecule has 202 valence electrons. The number of carbonyl (C=O) groups is 3. The number of cyclic esters (lactones) is 1. The third kappa shape index (κ3) is 5.85. The Hall–Kier alpha value is -4.45. The third-order valence-electron chi connectivity index (χ3n) is 6.50. The molecule has 2 aromatic heterocycles. The number of amides is 2. The van der Waals surface area contributed by atoms with Crippen molar-refractivity contribution in [2.24, 2.45) is 0 Å². The van der Waals surface area contributed by atoms with Crippen LogP contribution in [0, 0.1) is 11.6 Å². The van der Waals surface area contributed by atoms with Gasteiger partial charge in [-0.3, -0.25) is 29.3 Å². The van der Waals surface area contributed by atoms with Gasteiger partial charge in [-0.15, -0.1) is 0 Å². The van der Waals surface area contributed by atoms with Gasteiger partial charge < -0.3 is 9.64 Å². The van der Waals surface area contributed by atoms with E-state index < -0.39 is 29.7 Å². The van der Waals surface area contributed by atoms with Gasteiger partial charge in [-0.25, -0.2) is 18.6 Å². The molecule has 0 N–H and O–H groups in total. The molecule has 0 unspecified atom stereocenters. The second-order valence-corrected chi connectivity index (χ2v) is 9.05. The van der Waals surface area contributed by atoms with Crippen LogP contribution in [0.2, 0.25) is 0 Å². The lowest BCUT2D eigenvalue weighted by atomic mass is 10.1. The largest absolute Gasteiger partial charge is 0.444 e. The Morgan fingerprint density at radius 3 is 2.33 bits per heavy atom. The molecule has 2 fully saturated rings. The molecule has 5 rings (SSSR count). The first-order valence-corrected chi connectivity index (χ1v) is 12.4. The zero-order chi connectivity index (χ0) is 27.4. The van der Waals surface area contributed by atoms with Crippen LogP contribution in [0.15, 0.2) is 61.2 Å². The van der Waals surface area contributed by atoms with Gasteiger partial charge >= 0.3 is 6.09 Å². The van der Waals surface area contributed by atoms with E-state index in [1.54, 1.807) is 36.7 Å². The predicted octanol–water partition coefficient (Wildman–Crippen LogP) is 3.64. The number of ether oxygens (including phenoxy) is 1. The first-order valence-electron chi connectivity index (χ1n) is 12.4. The molecular weight excluding hydrogens is 512 g/mol. The second kappa shape index (κ2) is 11.5. The van der Waals surface area contributed by atoms with Crippen LogP contribution >= 0.6 is 0 Å². The van der Waals surface area contributed by atoms with E-state index in [2.05, 4.69) is 9.97 Å². The van der Waals surface area contributed by atoms with Crippen molar-refractivity contribution in [1.29, 1.82) is 0 Å². The van der Waals surface area contributed by atoms with Crippen molar-refractivity contribution < 1.29 is 32.7 Å². The Bertz CT molecular complexity index is 1340. The van der Waals surface area contributed by atoms with E-state index in [4.69, 9.17) is 9.57 Å². The molecule has 0 spiro atoms. The number of hydrogen-bond acceptors (Lipinski definition) is 8. The molecule has 39 heavy (non-hydrogen) atoms. The number of benzene rings is 1. The lowest BCUT2D eigenvalue weighted by molar-refractivity contribution is -0.111. The fourth-order valence-corrected chi connectivity index (χ4v) is 4.52. The highest BCUT2D eigenvalue weighted by molar-refractivity contribution is 5.96. The fourth-order valence-electron chi connectivity index (χ4n) is 4.52. The second-order valence-electron chi connectivity index (χ2n) is 9.05. The van der Waals surface area contributed by atoms with Gasteiger partial charge in [0.2, 0.25) is 0 Å². The van der Waals surface area contributed by atoms with Crippen LogP contribution in [0.3, 0.4) is 0 Å². The quantitative estimate of drug-likeness (QED) is 0.421. The summed E-state index contributed by atoms with van der Waals surface area (Å²) in [5.74, 6) is -2.26. The summed E-state index contributed by atoms with van der Waals surface area (Å²) in [5.41, 5.74) is 0.537. The molecule has 2 aliphatic rings. The summed E-state index contributed by atoms with van der Waals surface area (Å²) in [4.78, 5) is 53.4. The lowest BCUT2D eigenvalue weighted by Gasteiger charge is -2.24. The van der Waals surface area contributed by atoms with Crippen LogP contribution in [0.1, 0.15) is 33.6 Å². The van der Waals surface area contributed by atoms with Crippen molar-refractivity contribution in [3.63, 3.8) is 0 Å². The van der Waals surface area contributed by atoms with Gasteiger partial charge in [0.15, 0.2) is 17.4 Å². The number of hydrogen-bond donors (Lipinski definition) is 0. The van der Waals surface area contributed by atoms with Gasteiger partial charge in [-0.05, 0) is 30.7 Å². The van der Waals surface area contributed by atoms with Gasteiger partial charge in [0.1, 0.15) is 11.8 Å². The maximum atomic E-state index is 15.2. The molecule has 2 saturated heterocycles. The van der Waals surface area contributed by atoms with Gasteiger partial charge in [-0.1, -0.05) is 0 Å². The molecule has 2 aliphatic heterocycles. The standard InChI is InChI=1S/C27H25F2N5O5/c28-22-13-20(33-17-21(39-27(33)37)5-6-24(35)18-3-1-7-30-15-18)14-23(29)25(22)32-9-10-34(38-12-11-32)26(36)19-4-2-8-31-16-19/h1-4,7-8,13-16,21H,5-6,9-12,17H2/t21-/m0/s1. The minimum absolute atomic E-state index is 0.0132. The molecule has 0 aliphatic carbocycles. The predicted molar refractivity (Wildman–Crippen MR) is 135 cm³/mol. The van der Waals surface area contributed by atoms with Crippen molar-refractivity contribution >= 4 is 29.2 Å². The molecule has 2 amide bonds. The molecule has 0 saturated carbocycles. The molecule has 10 nitrogen and oxygen atoms in total. The Balaban J connectivity index is 1.22. The molecule has 3 aromatic rings. The number of rotatable bonds is 7. The number of pyridine rings is 2. The maximum Gasteiger partial charge on any atom is 0.414 e. The number of aromatic nitrogens is 2. The summed E-state index contributed by atoms with van der Waals surface area (Å²) in [5, 5.41) is 1.15. The van der Waals surface area contributed by atoms with Crippen LogP contribution in [0.5, 0.6) is 0 Å². The summed E-state index contributed by atoms with van der Waals surface area (Å²) < 4.78 is 35.8. The van der Waals surface area contributed by atoms with Crippen LogP contribution < -0.4 is 9.80 Å². The number of Topliss-reactive ketones (excluding diaryl/α,β-unsaturated/α-hetero) is 1. The van der Waals surface area contributed by atoms with Gasteiger partial charge in [0, 0.05) is 62.0 Å². The van der Waals surface area contributed by atoms with Gasteiger partial charge in [-0.2, -0.15) is 0 Å². The summed E-state index contributed by atoms with van der Waals surface area (Å²) in [6.07, 6.45) is 5.05. The van der Waals surface area contributed by atoms with E-state index in [0.29, 0.717) is 11.1 Å². The number of ketones is 1. The van der Waals surface area contributed by atoms with Crippen LogP contribution in [-0.4, -0.2) is 71.7 Å². The van der Waals surface area contributed by atoms with Crippen LogP contribution in [0.4, 0.5) is 25.0 Å². The highest BCUT2D eigenvalue weighted by Gasteiger charge is 2.34. The average molecular weight is 538 g/mol. The highest BCUT2D eigenvalue weighted by Crippen LogP contribution is 2.32. The van der Waals surface area contributed by atoms with Crippen LogP contribution in [-0.2, 0) is 9.57 Å². The Labute approximate surface area is 222 Å². The third-order valence-corrected chi connectivity index (χ3v) is 6.50. The van der Waals surface area contributed by atoms with Crippen molar-refractivity contribution in [2.75, 3.05) is 42.6 Å². The molecule has 1 aromatic carbocycles.